The molecule has 1 saturated heterocycles. The van der Waals surface area contributed by atoms with Crippen LogP contribution in [0.15, 0.2) is 11.6 Å². The fraction of sp³-hybridized carbons (Fsp3) is 0.920. The van der Waals surface area contributed by atoms with E-state index in [2.05, 4.69) is 31.9 Å². The third kappa shape index (κ3) is 3.00. The van der Waals surface area contributed by atoms with Crippen LogP contribution in [0, 0.1) is 34.5 Å². The van der Waals surface area contributed by atoms with Crippen LogP contribution in [0.3, 0.4) is 0 Å². The Morgan fingerprint density at radius 1 is 1.03 bits per heavy atom. The molecule has 176 valence electrons. The minimum atomic E-state index is -3.36. The van der Waals surface area contributed by atoms with E-state index in [1.54, 1.807) is 31.0 Å². The van der Waals surface area contributed by atoms with Crippen molar-refractivity contribution in [1.82, 2.24) is 13.5 Å². The highest BCUT2D eigenvalue weighted by atomic mass is 32.2. The third-order valence-corrected chi connectivity index (χ3v) is 13.0. The van der Waals surface area contributed by atoms with Gasteiger partial charge in [-0.25, -0.2) is 0 Å². The van der Waals surface area contributed by atoms with Crippen LogP contribution in [-0.2, 0) is 10.2 Å². The molecular weight excluding hydrogens is 406 g/mol. The molecule has 0 aromatic heterocycles. The van der Waals surface area contributed by atoms with E-state index in [0.717, 1.165) is 49.0 Å². The Kier molecular flexibility index (Phi) is 5.25. The van der Waals surface area contributed by atoms with Crippen molar-refractivity contribution in [3.8, 4) is 0 Å². The van der Waals surface area contributed by atoms with Crippen LogP contribution in [0.1, 0.15) is 65.2 Å². The number of nitrogens with zero attached hydrogens (tertiary/aromatic N) is 3. The maximum absolute atomic E-state index is 12.7. The molecule has 0 amide bonds. The van der Waals surface area contributed by atoms with Crippen molar-refractivity contribution < 1.29 is 8.42 Å². The lowest BCUT2D eigenvalue weighted by Gasteiger charge is -2.58. The Bertz CT molecular complexity index is 870. The minimum Gasteiger partial charge on any atom is -0.303 e. The summed E-state index contributed by atoms with van der Waals surface area (Å²) in [7, 11) is 4.04. The average molecular weight is 450 g/mol. The predicted octanol–water partition coefficient (Wildman–Crippen LogP) is 3.99. The summed E-state index contributed by atoms with van der Waals surface area (Å²) in [5.74, 6) is 3.43. The van der Waals surface area contributed by atoms with Gasteiger partial charge in [0.1, 0.15) is 0 Å². The second-order valence-corrected chi connectivity index (χ2v) is 14.3. The average Bonchev–Trinajstić information content (AvgIpc) is 3.20. The Labute approximate surface area is 190 Å². The van der Waals surface area contributed by atoms with Gasteiger partial charge in [0.25, 0.3) is 10.2 Å². The van der Waals surface area contributed by atoms with E-state index < -0.39 is 10.2 Å². The van der Waals surface area contributed by atoms with E-state index >= 15 is 0 Å². The fourth-order valence-corrected chi connectivity index (χ4v) is 10.3. The molecule has 0 bridgehead atoms. The summed E-state index contributed by atoms with van der Waals surface area (Å²) in [5.41, 5.74) is 2.42. The number of fused-ring (bicyclic) bond motifs is 4. The number of hydrogen-bond acceptors (Lipinski definition) is 3. The molecule has 0 radical (unpaired) electrons. The van der Waals surface area contributed by atoms with Crippen molar-refractivity contribution >= 4 is 10.2 Å². The highest BCUT2D eigenvalue weighted by Crippen LogP contribution is 2.68. The van der Waals surface area contributed by atoms with E-state index in [0.29, 0.717) is 5.41 Å². The SMILES string of the molecule is C[C@H]1[C@H]2CC[C@H]3[C@@H]4CC=C5C[C@@H](N(C)S(=O)(=O)N(C)C)CC[C@]5(C)[C@H]4CC[C@]23CN1C. The maximum atomic E-state index is 12.7. The van der Waals surface area contributed by atoms with Gasteiger partial charge in [-0.15, -0.1) is 0 Å². The molecule has 8 atom stereocenters. The van der Waals surface area contributed by atoms with Crippen LogP contribution < -0.4 is 0 Å². The Morgan fingerprint density at radius 2 is 1.74 bits per heavy atom. The van der Waals surface area contributed by atoms with E-state index in [1.807, 2.05) is 0 Å². The van der Waals surface area contributed by atoms with Crippen molar-refractivity contribution in [2.45, 2.75) is 77.3 Å². The quantitative estimate of drug-likeness (QED) is 0.612. The summed E-state index contributed by atoms with van der Waals surface area (Å²) in [6, 6.07) is 0.842. The molecule has 5 aliphatic rings. The molecule has 0 aromatic rings. The molecule has 5 nitrogen and oxygen atoms in total. The molecule has 1 heterocycles. The van der Waals surface area contributed by atoms with Gasteiger partial charge in [0, 0.05) is 39.8 Å². The van der Waals surface area contributed by atoms with Gasteiger partial charge >= 0.3 is 0 Å². The van der Waals surface area contributed by atoms with E-state index in [-0.39, 0.29) is 11.5 Å². The zero-order chi connectivity index (χ0) is 22.3. The van der Waals surface area contributed by atoms with Crippen molar-refractivity contribution in [2.75, 3.05) is 34.7 Å². The zero-order valence-corrected chi connectivity index (χ0v) is 21.3. The highest BCUT2D eigenvalue weighted by Gasteiger charge is 2.64. The highest BCUT2D eigenvalue weighted by molar-refractivity contribution is 7.86. The smallest absolute Gasteiger partial charge is 0.281 e. The van der Waals surface area contributed by atoms with Crippen LogP contribution in [0.2, 0.25) is 0 Å². The van der Waals surface area contributed by atoms with Crippen molar-refractivity contribution in [2.24, 2.45) is 34.5 Å². The first-order valence-electron chi connectivity index (χ1n) is 12.6. The topological polar surface area (TPSA) is 43.9 Å². The fourth-order valence-electron chi connectivity index (χ4n) is 9.20. The van der Waals surface area contributed by atoms with Gasteiger partial charge in [-0.3, -0.25) is 0 Å². The molecule has 1 aliphatic heterocycles. The Balaban J connectivity index is 1.39. The lowest BCUT2D eigenvalue weighted by molar-refractivity contribution is -0.0419. The molecule has 1 spiro atoms. The van der Waals surface area contributed by atoms with Crippen molar-refractivity contribution in [3.05, 3.63) is 11.6 Å². The van der Waals surface area contributed by atoms with Crippen LogP contribution in [0.4, 0.5) is 0 Å². The molecular formula is C25H43N3O2S. The summed E-state index contributed by atoms with van der Waals surface area (Å²) in [4.78, 5) is 2.65. The van der Waals surface area contributed by atoms with Gasteiger partial charge in [0.15, 0.2) is 0 Å². The molecule has 0 unspecified atom stereocenters. The van der Waals surface area contributed by atoms with Crippen LogP contribution in [0.5, 0.6) is 0 Å². The largest absolute Gasteiger partial charge is 0.303 e. The molecule has 3 saturated carbocycles. The van der Waals surface area contributed by atoms with Crippen LogP contribution in [0.25, 0.3) is 0 Å². The molecule has 31 heavy (non-hydrogen) atoms. The maximum Gasteiger partial charge on any atom is 0.281 e. The van der Waals surface area contributed by atoms with E-state index in [9.17, 15) is 8.42 Å². The van der Waals surface area contributed by atoms with E-state index in [4.69, 9.17) is 0 Å². The summed E-state index contributed by atoms with van der Waals surface area (Å²) >= 11 is 0. The summed E-state index contributed by atoms with van der Waals surface area (Å²) in [6.07, 6.45) is 12.5. The van der Waals surface area contributed by atoms with Gasteiger partial charge in [0.05, 0.1) is 0 Å². The lowest BCUT2D eigenvalue weighted by Crippen LogP contribution is -2.53. The molecule has 4 aliphatic carbocycles. The monoisotopic (exact) mass is 449 g/mol. The zero-order valence-electron chi connectivity index (χ0n) is 20.5. The normalized spacial score (nSPS) is 47.7. The Hall–Kier alpha value is -0.430. The molecule has 5 rings (SSSR count). The van der Waals surface area contributed by atoms with Gasteiger partial charge < -0.3 is 4.90 Å². The Morgan fingerprint density at radius 3 is 2.45 bits per heavy atom. The van der Waals surface area contributed by atoms with Gasteiger partial charge in [-0.05, 0) is 99.8 Å². The molecule has 6 heteroatoms. The molecule has 0 N–H and O–H groups in total. The summed E-state index contributed by atoms with van der Waals surface area (Å²) in [5, 5.41) is 0. The number of hydrogen-bond donors (Lipinski definition) is 0. The van der Waals surface area contributed by atoms with Crippen LogP contribution in [-0.4, -0.2) is 68.7 Å². The van der Waals surface area contributed by atoms with Gasteiger partial charge in [0.2, 0.25) is 0 Å². The predicted molar refractivity (Wildman–Crippen MR) is 126 cm³/mol. The summed E-state index contributed by atoms with van der Waals surface area (Å²) in [6.45, 7) is 6.31. The number of rotatable bonds is 3. The first kappa shape index (κ1) is 22.4. The van der Waals surface area contributed by atoms with Gasteiger partial charge in [-0.1, -0.05) is 18.6 Å². The standard InChI is InChI=1S/C25H43N3O2S/c1-17-21-9-10-23-20-8-7-18-15-19(28(6)31(29,30)26(3)4)11-13-24(18,2)22(20)12-14-25(21,23)16-27(17)5/h7,17,19-23H,8-16H2,1-6H3/t17-,19-,20+,21+,22-,23-,24-,25-/m0/s1. The molecule has 4 fully saturated rings. The van der Waals surface area contributed by atoms with Crippen LogP contribution >= 0.6 is 0 Å². The second kappa shape index (κ2) is 7.28. The molecule has 0 aromatic carbocycles. The first-order valence-corrected chi connectivity index (χ1v) is 14.0. The first-order chi connectivity index (χ1) is 14.5. The van der Waals surface area contributed by atoms with E-state index in [1.165, 1.54) is 43.0 Å². The summed E-state index contributed by atoms with van der Waals surface area (Å²) < 4.78 is 28.4. The number of likely N-dealkylation sites (tertiary alicyclic amines) is 1. The third-order valence-electron chi connectivity index (χ3n) is 11.0. The van der Waals surface area contributed by atoms with Crippen molar-refractivity contribution in [3.63, 3.8) is 0 Å². The van der Waals surface area contributed by atoms with Crippen molar-refractivity contribution in [1.29, 1.82) is 0 Å². The van der Waals surface area contributed by atoms with Gasteiger partial charge in [-0.2, -0.15) is 17.0 Å². The lowest BCUT2D eigenvalue weighted by atomic mass is 9.47. The second-order valence-electron chi connectivity index (χ2n) is 12.1. The number of allylic oxidation sites excluding steroid dienone is 1. The minimum absolute atomic E-state index is 0.0957.